The van der Waals surface area contributed by atoms with Crippen LogP contribution >= 0.6 is 0 Å². The van der Waals surface area contributed by atoms with Crippen LogP contribution in [0.3, 0.4) is 0 Å². The Hall–Kier alpha value is -3.06. The third kappa shape index (κ3) is 6.08. The summed E-state index contributed by atoms with van der Waals surface area (Å²) in [5, 5.41) is 11.9. The average molecular weight is 468 g/mol. The lowest BCUT2D eigenvalue weighted by Gasteiger charge is -2.26. The molecule has 7 nitrogen and oxygen atoms in total. The fourth-order valence-electron chi connectivity index (χ4n) is 4.64. The predicted molar refractivity (Wildman–Crippen MR) is 127 cm³/mol. The number of aliphatic hydroxyl groups excluding tert-OH is 1. The largest absolute Gasteiger partial charge is 0.493 e. The second-order valence-corrected chi connectivity index (χ2v) is 9.02. The molecule has 0 spiro atoms. The lowest BCUT2D eigenvalue weighted by molar-refractivity contribution is -0.123. The maximum absolute atomic E-state index is 11.8. The normalized spacial score (nSPS) is 22.2. The number of ether oxygens (including phenoxy) is 3. The second kappa shape index (κ2) is 11.4. The number of aryl methyl sites for hydroxylation is 1. The average Bonchev–Trinajstić information content (AvgIpc) is 3.18. The molecule has 1 aliphatic carbocycles. The summed E-state index contributed by atoms with van der Waals surface area (Å²) in [5.41, 5.74) is 3.17. The summed E-state index contributed by atoms with van der Waals surface area (Å²) >= 11 is 0. The molecule has 7 heteroatoms. The number of cyclic esters (lactones) is 1. The third-order valence-electron chi connectivity index (χ3n) is 6.44. The first kappa shape index (κ1) is 24.1. The van der Waals surface area contributed by atoms with Crippen molar-refractivity contribution in [2.24, 2.45) is 0 Å². The van der Waals surface area contributed by atoms with Gasteiger partial charge in [-0.2, -0.15) is 0 Å². The van der Waals surface area contributed by atoms with E-state index in [0.717, 1.165) is 44.3 Å². The smallest absolute Gasteiger partial charge is 0.415 e. The summed E-state index contributed by atoms with van der Waals surface area (Å²) in [7, 11) is 0. The Morgan fingerprint density at radius 3 is 2.53 bits per heavy atom. The van der Waals surface area contributed by atoms with E-state index in [1.54, 1.807) is 24.3 Å². The van der Waals surface area contributed by atoms with Crippen molar-refractivity contribution in [3.8, 4) is 11.5 Å². The second-order valence-electron chi connectivity index (χ2n) is 9.02. The monoisotopic (exact) mass is 467 g/mol. The van der Waals surface area contributed by atoms with Gasteiger partial charge in [0.25, 0.3) is 5.91 Å². The molecule has 182 valence electrons. The highest BCUT2D eigenvalue weighted by Crippen LogP contribution is 2.35. The van der Waals surface area contributed by atoms with Gasteiger partial charge in [-0.1, -0.05) is 37.6 Å². The molecule has 34 heavy (non-hydrogen) atoms. The number of nitrogens with one attached hydrogen (secondary N) is 1. The zero-order valence-electron chi connectivity index (χ0n) is 19.6. The number of carbonyl (C=O) groups is 2. The van der Waals surface area contributed by atoms with Crippen molar-refractivity contribution in [3.05, 3.63) is 59.2 Å². The predicted octanol–water partition coefficient (Wildman–Crippen LogP) is 4.81. The summed E-state index contributed by atoms with van der Waals surface area (Å²) in [6.45, 7) is 3.17. The van der Waals surface area contributed by atoms with Crippen molar-refractivity contribution in [2.45, 2.75) is 70.0 Å². The highest BCUT2D eigenvalue weighted by molar-refractivity contribution is 6.00. The van der Waals surface area contributed by atoms with Crippen LogP contribution in [0.4, 0.5) is 4.79 Å². The molecular formula is C27H33NO6. The summed E-state index contributed by atoms with van der Waals surface area (Å²) < 4.78 is 16.9. The molecule has 1 aliphatic heterocycles. The van der Waals surface area contributed by atoms with Crippen LogP contribution in [-0.2, 0) is 16.0 Å². The molecule has 2 fully saturated rings. The van der Waals surface area contributed by atoms with Gasteiger partial charge in [-0.05, 0) is 67.3 Å². The van der Waals surface area contributed by atoms with Crippen molar-refractivity contribution in [1.29, 1.82) is 0 Å². The highest BCUT2D eigenvalue weighted by atomic mass is 16.6. The molecule has 2 N–H and O–H groups in total. The van der Waals surface area contributed by atoms with E-state index in [-0.39, 0.29) is 6.10 Å². The SMILES string of the molecule is CCCc1cc(C2CCC(O)CC2)ccc1OCCCOc1cccc([C@@H]2OC(=O)NC2=O)c1. The molecule has 0 bridgehead atoms. The van der Waals surface area contributed by atoms with Gasteiger partial charge in [0, 0.05) is 12.0 Å². The van der Waals surface area contributed by atoms with Gasteiger partial charge in [0.05, 0.1) is 19.3 Å². The zero-order chi connectivity index (χ0) is 23.9. The molecule has 2 aromatic carbocycles. The quantitative estimate of drug-likeness (QED) is 0.487. The van der Waals surface area contributed by atoms with Gasteiger partial charge in [-0.3, -0.25) is 10.1 Å². The molecule has 0 unspecified atom stereocenters. The Kier molecular flexibility index (Phi) is 8.06. The molecule has 1 heterocycles. The van der Waals surface area contributed by atoms with Gasteiger partial charge in [-0.15, -0.1) is 0 Å². The van der Waals surface area contributed by atoms with E-state index in [1.165, 1.54) is 11.1 Å². The van der Waals surface area contributed by atoms with E-state index < -0.39 is 18.1 Å². The van der Waals surface area contributed by atoms with E-state index in [1.807, 2.05) is 0 Å². The fourth-order valence-corrected chi connectivity index (χ4v) is 4.64. The molecule has 2 aliphatic rings. The lowest BCUT2D eigenvalue weighted by Crippen LogP contribution is -2.20. The minimum Gasteiger partial charge on any atom is -0.493 e. The molecule has 1 atom stereocenters. The Morgan fingerprint density at radius 1 is 1.00 bits per heavy atom. The first-order valence-corrected chi connectivity index (χ1v) is 12.2. The topological polar surface area (TPSA) is 94.1 Å². The molecule has 0 aromatic heterocycles. The van der Waals surface area contributed by atoms with Crippen molar-refractivity contribution in [1.82, 2.24) is 5.32 Å². The van der Waals surface area contributed by atoms with E-state index in [2.05, 4.69) is 30.4 Å². The Labute approximate surface area is 200 Å². The van der Waals surface area contributed by atoms with Crippen LogP contribution in [0, 0.1) is 0 Å². The Bertz CT molecular complexity index is 998. The molecule has 1 saturated heterocycles. The lowest BCUT2D eigenvalue weighted by atomic mass is 9.82. The maximum atomic E-state index is 11.8. The van der Waals surface area contributed by atoms with Crippen molar-refractivity contribution in [2.75, 3.05) is 13.2 Å². The van der Waals surface area contributed by atoms with Crippen LogP contribution in [0.2, 0.25) is 0 Å². The number of benzene rings is 2. The first-order valence-electron chi connectivity index (χ1n) is 12.2. The Balaban J connectivity index is 1.27. The molecule has 0 radical (unpaired) electrons. The number of rotatable bonds is 10. The van der Waals surface area contributed by atoms with Gasteiger partial charge in [0.15, 0.2) is 0 Å². The maximum Gasteiger partial charge on any atom is 0.415 e. The molecule has 4 rings (SSSR count). The van der Waals surface area contributed by atoms with Crippen LogP contribution in [0.15, 0.2) is 42.5 Å². The minimum atomic E-state index is -0.932. The number of alkyl carbamates (subject to hydrolysis) is 1. The highest BCUT2D eigenvalue weighted by Gasteiger charge is 2.33. The fraction of sp³-hybridized carbons (Fsp3) is 0.481. The van der Waals surface area contributed by atoms with E-state index in [4.69, 9.17) is 14.2 Å². The molecular weight excluding hydrogens is 434 g/mol. The number of aliphatic hydroxyl groups is 1. The molecule has 2 aromatic rings. The van der Waals surface area contributed by atoms with E-state index in [0.29, 0.717) is 36.9 Å². The summed E-state index contributed by atoms with van der Waals surface area (Å²) in [5.74, 6) is 1.60. The van der Waals surface area contributed by atoms with Crippen LogP contribution in [0.25, 0.3) is 0 Å². The minimum absolute atomic E-state index is 0.140. The number of hydrogen-bond acceptors (Lipinski definition) is 6. The third-order valence-corrected chi connectivity index (χ3v) is 6.44. The van der Waals surface area contributed by atoms with Gasteiger partial charge < -0.3 is 19.3 Å². The van der Waals surface area contributed by atoms with Gasteiger partial charge in [-0.25, -0.2) is 4.79 Å². The number of imide groups is 1. The van der Waals surface area contributed by atoms with Crippen LogP contribution in [0.1, 0.15) is 74.2 Å². The summed E-state index contributed by atoms with van der Waals surface area (Å²) in [6, 6.07) is 13.6. The van der Waals surface area contributed by atoms with Crippen LogP contribution in [0.5, 0.6) is 11.5 Å². The summed E-state index contributed by atoms with van der Waals surface area (Å²) in [6.07, 6.45) is 4.78. The van der Waals surface area contributed by atoms with Gasteiger partial charge >= 0.3 is 6.09 Å². The van der Waals surface area contributed by atoms with Crippen molar-refractivity contribution < 1.29 is 28.9 Å². The van der Waals surface area contributed by atoms with Crippen molar-refractivity contribution in [3.63, 3.8) is 0 Å². The molecule has 1 saturated carbocycles. The van der Waals surface area contributed by atoms with E-state index in [9.17, 15) is 14.7 Å². The zero-order valence-corrected chi connectivity index (χ0v) is 19.6. The Morgan fingerprint density at radius 2 is 1.79 bits per heavy atom. The number of hydrogen-bond donors (Lipinski definition) is 2. The van der Waals surface area contributed by atoms with E-state index >= 15 is 0 Å². The number of carbonyl (C=O) groups excluding carboxylic acids is 2. The van der Waals surface area contributed by atoms with Gasteiger partial charge in [0.1, 0.15) is 11.5 Å². The van der Waals surface area contributed by atoms with Crippen molar-refractivity contribution >= 4 is 12.0 Å². The summed E-state index contributed by atoms with van der Waals surface area (Å²) in [4.78, 5) is 23.1. The van der Waals surface area contributed by atoms with Crippen LogP contribution in [-0.4, -0.2) is 36.4 Å². The van der Waals surface area contributed by atoms with Gasteiger partial charge in [0.2, 0.25) is 6.10 Å². The number of amides is 2. The first-order chi connectivity index (χ1) is 16.5. The van der Waals surface area contributed by atoms with Crippen LogP contribution < -0.4 is 14.8 Å². The molecule has 2 amide bonds. The standard InChI is InChI=1S/C27H33NO6/c1-2-5-20-16-19(18-8-11-22(29)12-9-18)10-13-24(20)33-15-4-14-32-23-7-3-6-21(17-23)25-26(30)28-27(31)34-25/h3,6-7,10,13,16-18,22,25,29H,2,4-5,8-9,11-12,14-15H2,1H3,(H,28,30,31)/t18?,22?,25-/m0/s1.